The number of allylic oxidation sites excluding steroid dienone is 2. The minimum absolute atomic E-state index is 0.334. The van der Waals surface area contributed by atoms with Crippen LogP contribution in [0.2, 0.25) is 0 Å². The highest BCUT2D eigenvalue weighted by molar-refractivity contribution is 5.43. The Morgan fingerprint density at radius 1 is 1.00 bits per heavy atom. The number of hydrogen-bond donors (Lipinski definition) is 0. The monoisotopic (exact) mass is 165 g/mol. The third-order valence-electron chi connectivity index (χ3n) is 4.56. The van der Waals surface area contributed by atoms with Gasteiger partial charge < -0.3 is 0 Å². The molecule has 0 atom stereocenters. The Bertz CT molecular complexity index is 228. The zero-order valence-corrected chi connectivity index (χ0v) is 9.50. The van der Waals surface area contributed by atoms with Gasteiger partial charge in [0.2, 0.25) is 0 Å². The van der Waals surface area contributed by atoms with Crippen LogP contribution in [0.4, 0.5) is 0 Å². The SMILES string of the molecule is CC1=C(C)C(C)(C)C(C)(C)[C+]1C. The largest absolute Gasteiger partial charge is 0.105 e. The molecule has 0 radical (unpaired) electrons. The van der Waals surface area contributed by atoms with Gasteiger partial charge in [0.25, 0.3) is 0 Å². The second-order valence-corrected chi connectivity index (χ2v) is 5.12. The van der Waals surface area contributed by atoms with Crippen LogP contribution in [0.15, 0.2) is 11.1 Å². The van der Waals surface area contributed by atoms with E-state index in [0.717, 1.165) is 0 Å². The molecule has 0 heteroatoms. The molecular weight excluding hydrogens is 144 g/mol. The highest BCUT2D eigenvalue weighted by atomic mass is 14.5. The Morgan fingerprint density at radius 3 is 1.50 bits per heavy atom. The molecular formula is C12H21+. The first kappa shape index (κ1) is 9.70. The summed E-state index contributed by atoms with van der Waals surface area (Å²) in [7, 11) is 0. The maximum Gasteiger partial charge on any atom is 0.105 e. The van der Waals surface area contributed by atoms with Crippen LogP contribution in [0.1, 0.15) is 48.5 Å². The van der Waals surface area contributed by atoms with E-state index in [2.05, 4.69) is 48.5 Å². The molecule has 0 heterocycles. The summed E-state index contributed by atoms with van der Waals surface area (Å²) in [5.41, 5.74) is 3.75. The first-order chi connectivity index (χ1) is 5.23. The maximum atomic E-state index is 2.35. The molecule has 0 N–H and O–H groups in total. The van der Waals surface area contributed by atoms with Crippen molar-refractivity contribution in [2.45, 2.75) is 48.5 Å². The van der Waals surface area contributed by atoms with Gasteiger partial charge >= 0.3 is 0 Å². The van der Waals surface area contributed by atoms with E-state index in [0.29, 0.717) is 10.8 Å². The molecule has 0 amide bonds. The molecule has 0 saturated carbocycles. The molecule has 0 fully saturated rings. The van der Waals surface area contributed by atoms with Crippen molar-refractivity contribution in [3.8, 4) is 0 Å². The summed E-state index contributed by atoms with van der Waals surface area (Å²) < 4.78 is 0. The van der Waals surface area contributed by atoms with Crippen molar-refractivity contribution < 1.29 is 0 Å². The second kappa shape index (κ2) is 2.31. The Hall–Kier alpha value is -0.390. The standard InChI is InChI=1S/C12H21/c1-8-9(2)11(4,5)12(6,7)10(8)3/h1-7H3/q+1. The molecule has 68 valence electrons. The zero-order chi connectivity index (χ0) is 9.73. The lowest BCUT2D eigenvalue weighted by Crippen LogP contribution is -2.32. The van der Waals surface area contributed by atoms with Crippen LogP contribution in [-0.4, -0.2) is 0 Å². The Labute approximate surface area is 77.1 Å². The van der Waals surface area contributed by atoms with Crippen LogP contribution in [0.3, 0.4) is 0 Å². The van der Waals surface area contributed by atoms with Gasteiger partial charge in [-0.25, -0.2) is 0 Å². The van der Waals surface area contributed by atoms with Gasteiger partial charge in [-0.3, -0.25) is 0 Å². The Kier molecular flexibility index (Phi) is 1.86. The fraction of sp³-hybridized carbons (Fsp3) is 0.750. The first-order valence-corrected chi connectivity index (χ1v) is 4.75. The summed E-state index contributed by atoms with van der Waals surface area (Å²) in [6.07, 6.45) is 0. The smallest absolute Gasteiger partial charge is 0.0355 e. The average molecular weight is 165 g/mol. The molecule has 0 nitrogen and oxygen atoms in total. The van der Waals surface area contributed by atoms with E-state index in [9.17, 15) is 0 Å². The molecule has 0 aromatic heterocycles. The van der Waals surface area contributed by atoms with Crippen LogP contribution in [0.25, 0.3) is 0 Å². The average Bonchev–Trinajstić information content (AvgIpc) is 2.05. The molecule has 0 aromatic carbocycles. The predicted molar refractivity (Wildman–Crippen MR) is 54.9 cm³/mol. The van der Waals surface area contributed by atoms with Gasteiger partial charge in [-0.2, -0.15) is 0 Å². The van der Waals surface area contributed by atoms with Crippen LogP contribution in [0.5, 0.6) is 0 Å². The van der Waals surface area contributed by atoms with Crippen molar-refractivity contribution in [3.05, 3.63) is 17.1 Å². The highest BCUT2D eigenvalue weighted by Crippen LogP contribution is 2.58. The van der Waals surface area contributed by atoms with Crippen molar-refractivity contribution in [2.75, 3.05) is 0 Å². The Balaban J connectivity index is 3.22. The summed E-state index contributed by atoms with van der Waals surface area (Å²) in [4.78, 5) is 0. The van der Waals surface area contributed by atoms with Gasteiger partial charge in [-0.05, 0) is 34.6 Å². The van der Waals surface area contributed by atoms with Crippen molar-refractivity contribution in [1.29, 1.82) is 0 Å². The summed E-state index contributed by atoms with van der Waals surface area (Å²) in [6, 6.07) is 0. The lowest BCUT2D eigenvalue weighted by molar-refractivity contribution is 0.198. The molecule has 0 saturated heterocycles. The van der Waals surface area contributed by atoms with Gasteiger partial charge in [-0.15, -0.1) is 0 Å². The summed E-state index contributed by atoms with van der Waals surface area (Å²) in [5, 5.41) is 0. The molecule has 0 spiro atoms. The van der Waals surface area contributed by atoms with Gasteiger partial charge in [-0.1, -0.05) is 0 Å². The normalized spacial score (nSPS) is 26.8. The molecule has 0 aromatic rings. The summed E-state index contributed by atoms with van der Waals surface area (Å²) in [5.74, 6) is 1.56. The molecule has 1 rings (SSSR count). The van der Waals surface area contributed by atoms with Gasteiger partial charge in [0.05, 0.1) is 22.3 Å². The predicted octanol–water partition coefficient (Wildman–Crippen LogP) is 3.98. The fourth-order valence-electron chi connectivity index (χ4n) is 2.16. The van der Waals surface area contributed by atoms with E-state index in [1.807, 2.05) is 0 Å². The molecule has 0 aliphatic heterocycles. The van der Waals surface area contributed by atoms with Crippen LogP contribution < -0.4 is 0 Å². The van der Waals surface area contributed by atoms with E-state index in [1.165, 1.54) is 5.57 Å². The van der Waals surface area contributed by atoms with Crippen LogP contribution >= 0.6 is 0 Å². The molecule has 12 heavy (non-hydrogen) atoms. The third-order valence-corrected chi connectivity index (χ3v) is 4.56. The molecule has 0 bridgehead atoms. The van der Waals surface area contributed by atoms with E-state index in [1.54, 1.807) is 11.5 Å². The van der Waals surface area contributed by atoms with Gasteiger partial charge in [0.1, 0.15) is 5.57 Å². The highest BCUT2D eigenvalue weighted by Gasteiger charge is 2.57. The summed E-state index contributed by atoms with van der Waals surface area (Å²) in [6.45, 7) is 16.2. The van der Waals surface area contributed by atoms with Gasteiger partial charge in [0.15, 0.2) is 0 Å². The molecule has 0 unspecified atom stereocenters. The maximum absolute atomic E-state index is 2.35. The quantitative estimate of drug-likeness (QED) is 0.476. The zero-order valence-electron chi connectivity index (χ0n) is 9.50. The second-order valence-electron chi connectivity index (χ2n) is 5.12. The number of hydrogen-bond acceptors (Lipinski definition) is 0. The first-order valence-electron chi connectivity index (χ1n) is 4.75. The Morgan fingerprint density at radius 2 is 1.42 bits per heavy atom. The van der Waals surface area contributed by atoms with Crippen molar-refractivity contribution in [1.82, 2.24) is 0 Å². The minimum atomic E-state index is 0.334. The van der Waals surface area contributed by atoms with Crippen molar-refractivity contribution in [3.63, 3.8) is 0 Å². The van der Waals surface area contributed by atoms with E-state index < -0.39 is 0 Å². The van der Waals surface area contributed by atoms with Crippen molar-refractivity contribution in [2.24, 2.45) is 10.8 Å². The topological polar surface area (TPSA) is 0 Å². The number of rotatable bonds is 0. The van der Waals surface area contributed by atoms with E-state index in [4.69, 9.17) is 0 Å². The summed E-state index contributed by atoms with van der Waals surface area (Å²) >= 11 is 0. The fourth-order valence-corrected chi connectivity index (χ4v) is 2.16. The molecule has 1 aliphatic carbocycles. The van der Waals surface area contributed by atoms with E-state index in [-0.39, 0.29) is 0 Å². The minimum Gasteiger partial charge on any atom is -0.0355 e. The van der Waals surface area contributed by atoms with Gasteiger partial charge in [0, 0.05) is 13.8 Å². The van der Waals surface area contributed by atoms with Crippen LogP contribution in [-0.2, 0) is 0 Å². The lowest BCUT2D eigenvalue weighted by atomic mass is 9.64. The molecule has 1 aliphatic rings. The third kappa shape index (κ3) is 0.870. The van der Waals surface area contributed by atoms with Crippen LogP contribution in [0, 0.1) is 16.7 Å². The van der Waals surface area contributed by atoms with Crippen molar-refractivity contribution >= 4 is 0 Å². The van der Waals surface area contributed by atoms with E-state index >= 15 is 0 Å². The lowest BCUT2D eigenvalue weighted by Gasteiger charge is -2.32.